The predicted octanol–water partition coefficient (Wildman–Crippen LogP) is 1.36. The summed E-state index contributed by atoms with van der Waals surface area (Å²) in [6, 6.07) is 7.91. The van der Waals surface area contributed by atoms with Crippen molar-refractivity contribution in [2.45, 2.75) is 25.9 Å². The van der Waals surface area contributed by atoms with Gasteiger partial charge in [-0.05, 0) is 19.4 Å². The first-order chi connectivity index (χ1) is 8.61. The van der Waals surface area contributed by atoms with E-state index in [9.17, 15) is 8.42 Å². The zero-order valence-corrected chi connectivity index (χ0v) is 11.4. The van der Waals surface area contributed by atoms with E-state index < -0.39 is 9.84 Å². The lowest BCUT2D eigenvalue weighted by Gasteiger charge is -2.13. The van der Waals surface area contributed by atoms with Crippen molar-refractivity contribution in [1.82, 2.24) is 5.32 Å². The summed E-state index contributed by atoms with van der Waals surface area (Å²) in [5.41, 5.74) is 1.07. The van der Waals surface area contributed by atoms with Crippen LogP contribution < -0.4 is 10.1 Å². The van der Waals surface area contributed by atoms with Gasteiger partial charge in [-0.15, -0.1) is 0 Å². The van der Waals surface area contributed by atoms with Crippen molar-refractivity contribution in [3.05, 3.63) is 29.8 Å². The topological polar surface area (TPSA) is 55.4 Å². The summed E-state index contributed by atoms with van der Waals surface area (Å²) in [5.74, 6) is 1.43. The number of benzene rings is 1. The van der Waals surface area contributed by atoms with Gasteiger partial charge in [0.2, 0.25) is 0 Å². The molecule has 1 atom stereocenters. The van der Waals surface area contributed by atoms with Crippen LogP contribution in [0.4, 0.5) is 0 Å². The van der Waals surface area contributed by atoms with Crippen LogP contribution in [0.2, 0.25) is 0 Å². The Morgan fingerprint density at radius 3 is 2.83 bits per heavy atom. The molecule has 0 spiro atoms. The number of rotatable bonds is 5. The van der Waals surface area contributed by atoms with E-state index in [1.807, 2.05) is 31.2 Å². The third-order valence-corrected chi connectivity index (χ3v) is 4.85. The molecule has 100 valence electrons. The van der Waals surface area contributed by atoms with Gasteiger partial charge in [0.05, 0.1) is 18.1 Å². The summed E-state index contributed by atoms with van der Waals surface area (Å²) in [6.45, 7) is 3.24. The monoisotopic (exact) mass is 269 g/mol. The minimum atomic E-state index is -2.81. The molecule has 1 N–H and O–H groups in total. The summed E-state index contributed by atoms with van der Waals surface area (Å²) < 4.78 is 28.2. The van der Waals surface area contributed by atoms with E-state index in [4.69, 9.17) is 4.74 Å². The Balaban J connectivity index is 1.94. The highest BCUT2D eigenvalue weighted by molar-refractivity contribution is 7.91. The molecule has 1 aliphatic rings. The smallest absolute Gasteiger partial charge is 0.151 e. The van der Waals surface area contributed by atoms with Crippen LogP contribution >= 0.6 is 0 Å². The number of sulfone groups is 1. The SMILES string of the molecule is CCOc1ccccc1CNC1CCS(=O)(=O)C1. The van der Waals surface area contributed by atoms with Crippen LogP contribution in [-0.2, 0) is 16.4 Å². The molecular formula is C13H19NO3S. The Bertz CT molecular complexity index is 499. The number of ether oxygens (including phenoxy) is 1. The Labute approximate surface area is 108 Å². The fraction of sp³-hybridized carbons (Fsp3) is 0.538. The van der Waals surface area contributed by atoms with Crippen molar-refractivity contribution in [1.29, 1.82) is 0 Å². The maximum atomic E-state index is 11.4. The molecule has 1 aromatic rings. The first-order valence-electron chi connectivity index (χ1n) is 6.25. The molecule has 1 saturated heterocycles. The van der Waals surface area contributed by atoms with Gasteiger partial charge < -0.3 is 10.1 Å². The van der Waals surface area contributed by atoms with Gasteiger partial charge in [-0.25, -0.2) is 8.42 Å². The third kappa shape index (κ3) is 3.46. The maximum Gasteiger partial charge on any atom is 0.151 e. The lowest BCUT2D eigenvalue weighted by Crippen LogP contribution is -2.29. The van der Waals surface area contributed by atoms with Crippen molar-refractivity contribution >= 4 is 9.84 Å². The van der Waals surface area contributed by atoms with E-state index in [-0.39, 0.29) is 11.8 Å². The molecule has 18 heavy (non-hydrogen) atoms. The average molecular weight is 269 g/mol. The van der Waals surface area contributed by atoms with Crippen LogP contribution in [0.15, 0.2) is 24.3 Å². The molecule has 0 aromatic heterocycles. The first kappa shape index (κ1) is 13.4. The Morgan fingerprint density at radius 1 is 1.39 bits per heavy atom. The molecule has 1 aliphatic heterocycles. The second-order valence-corrected chi connectivity index (χ2v) is 6.75. The average Bonchev–Trinajstić information content (AvgIpc) is 2.68. The van der Waals surface area contributed by atoms with E-state index >= 15 is 0 Å². The number of hydrogen-bond donors (Lipinski definition) is 1. The summed E-state index contributed by atoms with van der Waals surface area (Å²) in [6.07, 6.45) is 0.707. The fourth-order valence-corrected chi connectivity index (χ4v) is 3.86. The molecular weight excluding hydrogens is 250 g/mol. The first-order valence-corrected chi connectivity index (χ1v) is 8.07. The zero-order chi connectivity index (χ0) is 13.0. The van der Waals surface area contributed by atoms with Crippen molar-refractivity contribution in [3.63, 3.8) is 0 Å². The lowest BCUT2D eigenvalue weighted by atomic mass is 10.2. The molecule has 0 saturated carbocycles. The normalized spacial score (nSPS) is 21.9. The molecule has 1 aromatic carbocycles. The lowest BCUT2D eigenvalue weighted by molar-refractivity contribution is 0.335. The summed E-state index contributed by atoms with van der Waals surface area (Å²) in [4.78, 5) is 0. The summed E-state index contributed by atoms with van der Waals surface area (Å²) in [7, 11) is -2.81. The Hall–Kier alpha value is -1.07. The van der Waals surface area contributed by atoms with Crippen LogP contribution in [0.25, 0.3) is 0 Å². The highest BCUT2D eigenvalue weighted by atomic mass is 32.2. The van der Waals surface area contributed by atoms with Gasteiger partial charge in [0.15, 0.2) is 9.84 Å². The van der Waals surface area contributed by atoms with E-state index in [0.29, 0.717) is 25.3 Å². The number of para-hydroxylation sites is 1. The molecule has 0 amide bonds. The van der Waals surface area contributed by atoms with Crippen molar-refractivity contribution in [2.75, 3.05) is 18.1 Å². The second-order valence-electron chi connectivity index (χ2n) is 4.52. The molecule has 4 nitrogen and oxygen atoms in total. The minimum Gasteiger partial charge on any atom is -0.494 e. The van der Waals surface area contributed by atoms with Gasteiger partial charge in [-0.1, -0.05) is 18.2 Å². The molecule has 5 heteroatoms. The fourth-order valence-electron chi connectivity index (χ4n) is 2.16. The molecule has 0 bridgehead atoms. The molecule has 0 aliphatic carbocycles. The van der Waals surface area contributed by atoms with Gasteiger partial charge in [0, 0.05) is 18.2 Å². The Morgan fingerprint density at radius 2 is 2.17 bits per heavy atom. The van der Waals surface area contributed by atoms with E-state index in [1.54, 1.807) is 0 Å². The van der Waals surface area contributed by atoms with Gasteiger partial charge in [0.25, 0.3) is 0 Å². The van der Waals surface area contributed by atoms with E-state index in [2.05, 4.69) is 5.32 Å². The maximum absolute atomic E-state index is 11.4. The standard InChI is InChI=1S/C13H19NO3S/c1-2-17-13-6-4-3-5-11(13)9-14-12-7-8-18(15,16)10-12/h3-6,12,14H,2,7-10H2,1H3. The van der Waals surface area contributed by atoms with E-state index in [1.165, 1.54) is 0 Å². The molecule has 1 fully saturated rings. The molecule has 0 radical (unpaired) electrons. The van der Waals surface area contributed by atoms with Crippen LogP contribution in [0, 0.1) is 0 Å². The van der Waals surface area contributed by atoms with Crippen LogP contribution in [0.5, 0.6) is 5.75 Å². The second kappa shape index (κ2) is 5.71. The molecule has 1 heterocycles. The summed E-state index contributed by atoms with van der Waals surface area (Å²) >= 11 is 0. The molecule has 1 unspecified atom stereocenters. The minimum absolute atomic E-state index is 0.0738. The summed E-state index contributed by atoms with van der Waals surface area (Å²) in [5, 5.41) is 3.29. The largest absolute Gasteiger partial charge is 0.494 e. The van der Waals surface area contributed by atoms with Gasteiger partial charge >= 0.3 is 0 Å². The quantitative estimate of drug-likeness (QED) is 0.877. The van der Waals surface area contributed by atoms with E-state index in [0.717, 1.165) is 11.3 Å². The molecule has 2 rings (SSSR count). The number of nitrogens with one attached hydrogen (secondary N) is 1. The zero-order valence-electron chi connectivity index (χ0n) is 10.6. The number of hydrogen-bond acceptors (Lipinski definition) is 4. The van der Waals surface area contributed by atoms with Crippen molar-refractivity contribution in [2.24, 2.45) is 0 Å². The van der Waals surface area contributed by atoms with Crippen LogP contribution in [0.1, 0.15) is 18.9 Å². The highest BCUT2D eigenvalue weighted by Crippen LogP contribution is 2.19. The van der Waals surface area contributed by atoms with Crippen molar-refractivity contribution in [3.8, 4) is 5.75 Å². The third-order valence-electron chi connectivity index (χ3n) is 3.09. The van der Waals surface area contributed by atoms with Gasteiger partial charge in [-0.3, -0.25) is 0 Å². The highest BCUT2D eigenvalue weighted by Gasteiger charge is 2.27. The van der Waals surface area contributed by atoms with Crippen LogP contribution in [0.3, 0.4) is 0 Å². The van der Waals surface area contributed by atoms with Gasteiger partial charge in [-0.2, -0.15) is 0 Å². The predicted molar refractivity (Wildman–Crippen MR) is 71.5 cm³/mol. The Kier molecular flexibility index (Phi) is 4.24. The van der Waals surface area contributed by atoms with Crippen LogP contribution in [-0.4, -0.2) is 32.6 Å². The van der Waals surface area contributed by atoms with Crippen molar-refractivity contribution < 1.29 is 13.2 Å². The van der Waals surface area contributed by atoms with Gasteiger partial charge in [0.1, 0.15) is 5.75 Å².